The van der Waals surface area contributed by atoms with Gasteiger partial charge >= 0.3 is 0 Å². The lowest BCUT2D eigenvalue weighted by Crippen LogP contribution is -2.37. The van der Waals surface area contributed by atoms with Crippen LogP contribution >= 0.6 is 11.6 Å². The number of rotatable bonds is 3. The molecule has 1 unspecified atom stereocenters. The average Bonchev–Trinajstić information content (AvgIpc) is 2.24. The number of halogens is 1. The van der Waals surface area contributed by atoms with Gasteiger partial charge in [0.05, 0.1) is 11.6 Å². The van der Waals surface area contributed by atoms with E-state index in [1.165, 1.54) is 6.07 Å². The van der Waals surface area contributed by atoms with E-state index in [0.29, 0.717) is 16.3 Å². The van der Waals surface area contributed by atoms with Crippen LogP contribution in [0.4, 0.5) is 5.69 Å². The molecule has 0 aliphatic rings. The topological polar surface area (TPSA) is 55.1 Å². The standard InChI is InChI=1S/C13H15ClN2O/c1-4-12(8(2)3)16-13(17)10-6-5-9(14)7-11(10)15/h1,5-8,12H,15H2,2-3H3,(H,16,17). The Bertz CT molecular complexity index is 463. The first-order valence-corrected chi connectivity index (χ1v) is 5.65. The molecule has 1 aromatic carbocycles. The number of amides is 1. The number of nitrogens with two attached hydrogens (primary N) is 1. The predicted octanol–water partition coefficient (Wildman–Crippen LogP) is 2.31. The van der Waals surface area contributed by atoms with Crippen LogP contribution in [0.2, 0.25) is 5.02 Å². The van der Waals surface area contributed by atoms with Gasteiger partial charge in [0.2, 0.25) is 0 Å². The van der Waals surface area contributed by atoms with Gasteiger partial charge in [0.25, 0.3) is 5.91 Å². The molecule has 4 heteroatoms. The molecule has 0 saturated heterocycles. The Balaban J connectivity index is 2.87. The predicted molar refractivity (Wildman–Crippen MR) is 70.8 cm³/mol. The van der Waals surface area contributed by atoms with Gasteiger partial charge in [0.1, 0.15) is 0 Å². The maximum absolute atomic E-state index is 11.9. The zero-order valence-corrected chi connectivity index (χ0v) is 10.6. The number of terminal acetylenes is 1. The molecule has 0 saturated carbocycles. The summed E-state index contributed by atoms with van der Waals surface area (Å²) in [4.78, 5) is 11.9. The highest BCUT2D eigenvalue weighted by Crippen LogP contribution is 2.18. The summed E-state index contributed by atoms with van der Waals surface area (Å²) < 4.78 is 0. The lowest BCUT2D eigenvalue weighted by atomic mass is 10.0. The first-order chi connectivity index (χ1) is 7.95. The van der Waals surface area contributed by atoms with Gasteiger partial charge in [-0.3, -0.25) is 4.79 Å². The van der Waals surface area contributed by atoms with E-state index in [-0.39, 0.29) is 17.9 Å². The third kappa shape index (κ3) is 3.40. The Labute approximate surface area is 106 Å². The fraction of sp³-hybridized carbons (Fsp3) is 0.308. The molecule has 1 atom stereocenters. The van der Waals surface area contributed by atoms with Crippen molar-refractivity contribution in [3.63, 3.8) is 0 Å². The summed E-state index contributed by atoms with van der Waals surface area (Å²) in [7, 11) is 0. The van der Waals surface area contributed by atoms with E-state index in [9.17, 15) is 4.79 Å². The van der Waals surface area contributed by atoms with Crippen molar-refractivity contribution >= 4 is 23.2 Å². The minimum absolute atomic E-state index is 0.164. The Kier molecular flexibility index (Phi) is 4.42. The van der Waals surface area contributed by atoms with E-state index in [1.54, 1.807) is 12.1 Å². The Morgan fingerprint density at radius 2 is 2.18 bits per heavy atom. The van der Waals surface area contributed by atoms with Crippen LogP contribution in [0.5, 0.6) is 0 Å². The van der Waals surface area contributed by atoms with Crippen LogP contribution in [-0.2, 0) is 0 Å². The van der Waals surface area contributed by atoms with Crippen molar-refractivity contribution in [1.29, 1.82) is 0 Å². The third-order valence-electron chi connectivity index (χ3n) is 2.39. The second kappa shape index (κ2) is 5.60. The van der Waals surface area contributed by atoms with E-state index in [0.717, 1.165) is 0 Å². The number of hydrogen-bond acceptors (Lipinski definition) is 2. The molecule has 0 aromatic heterocycles. The van der Waals surface area contributed by atoms with Crippen LogP contribution in [0, 0.1) is 18.3 Å². The first kappa shape index (κ1) is 13.4. The molecular formula is C13H15ClN2O. The second-order valence-corrected chi connectivity index (χ2v) is 4.53. The molecule has 17 heavy (non-hydrogen) atoms. The molecule has 0 radical (unpaired) electrons. The maximum Gasteiger partial charge on any atom is 0.254 e. The molecule has 3 N–H and O–H groups in total. The molecule has 3 nitrogen and oxygen atoms in total. The quantitative estimate of drug-likeness (QED) is 0.639. The van der Waals surface area contributed by atoms with Gasteiger partial charge in [0.15, 0.2) is 0 Å². The highest BCUT2D eigenvalue weighted by Gasteiger charge is 2.16. The lowest BCUT2D eigenvalue weighted by Gasteiger charge is -2.17. The van der Waals surface area contributed by atoms with Crippen molar-refractivity contribution in [3.05, 3.63) is 28.8 Å². The molecule has 90 valence electrons. The SMILES string of the molecule is C#CC(NC(=O)c1ccc(Cl)cc1N)C(C)C. The summed E-state index contributed by atoms with van der Waals surface area (Å²) in [6, 6.07) is 4.43. The van der Waals surface area contributed by atoms with E-state index < -0.39 is 0 Å². The molecular weight excluding hydrogens is 236 g/mol. The largest absolute Gasteiger partial charge is 0.398 e. The number of nitrogens with one attached hydrogen (secondary N) is 1. The summed E-state index contributed by atoms with van der Waals surface area (Å²) in [5.41, 5.74) is 6.45. The van der Waals surface area contributed by atoms with Crippen LogP contribution in [-0.4, -0.2) is 11.9 Å². The number of anilines is 1. The highest BCUT2D eigenvalue weighted by molar-refractivity contribution is 6.31. The van der Waals surface area contributed by atoms with E-state index in [2.05, 4.69) is 11.2 Å². The fourth-order valence-electron chi connectivity index (χ4n) is 1.36. The van der Waals surface area contributed by atoms with E-state index in [4.69, 9.17) is 23.8 Å². The van der Waals surface area contributed by atoms with Crippen LogP contribution in [0.25, 0.3) is 0 Å². The van der Waals surface area contributed by atoms with Crippen molar-refractivity contribution in [2.45, 2.75) is 19.9 Å². The normalized spacial score (nSPS) is 11.9. The van der Waals surface area contributed by atoms with Gasteiger partial charge in [-0.2, -0.15) is 0 Å². The molecule has 1 rings (SSSR count). The molecule has 0 aliphatic heterocycles. The summed E-state index contributed by atoms with van der Waals surface area (Å²) in [6.45, 7) is 3.88. The molecule has 0 heterocycles. The van der Waals surface area contributed by atoms with Gasteiger partial charge in [-0.05, 0) is 24.1 Å². The highest BCUT2D eigenvalue weighted by atomic mass is 35.5. The summed E-state index contributed by atoms with van der Waals surface area (Å²) in [6.07, 6.45) is 5.35. The zero-order valence-electron chi connectivity index (χ0n) is 9.83. The second-order valence-electron chi connectivity index (χ2n) is 4.09. The van der Waals surface area contributed by atoms with Crippen molar-refractivity contribution in [2.24, 2.45) is 5.92 Å². The van der Waals surface area contributed by atoms with Gasteiger partial charge in [-0.15, -0.1) is 6.42 Å². The fourth-order valence-corrected chi connectivity index (χ4v) is 1.54. The van der Waals surface area contributed by atoms with Gasteiger partial charge in [0, 0.05) is 10.7 Å². The van der Waals surface area contributed by atoms with E-state index >= 15 is 0 Å². The van der Waals surface area contributed by atoms with E-state index in [1.807, 2.05) is 13.8 Å². The van der Waals surface area contributed by atoms with Crippen molar-refractivity contribution in [2.75, 3.05) is 5.73 Å². The summed E-state index contributed by atoms with van der Waals surface area (Å²) in [5.74, 6) is 2.42. The lowest BCUT2D eigenvalue weighted by molar-refractivity contribution is 0.0939. The minimum atomic E-state index is -0.308. The van der Waals surface area contributed by atoms with Crippen LogP contribution < -0.4 is 11.1 Å². The molecule has 0 fully saturated rings. The van der Waals surface area contributed by atoms with Crippen molar-refractivity contribution in [1.82, 2.24) is 5.32 Å². The first-order valence-electron chi connectivity index (χ1n) is 5.27. The van der Waals surface area contributed by atoms with Crippen molar-refractivity contribution in [3.8, 4) is 12.3 Å². The van der Waals surface area contributed by atoms with Gasteiger partial charge < -0.3 is 11.1 Å². The minimum Gasteiger partial charge on any atom is -0.398 e. The zero-order chi connectivity index (χ0) is 13.0. The Morgan fingerprint density at radius 1 is 1.53 bits per heavy atom. The van der Waals surface area contributed by atoms with Gasteiger partial charge in [-0.25, -0.2) is 0 Å². The molecule has 0 bridgehead atoms. The average molecular weight is 251 g/mol. The van der Waals surface area contributed by atoms with Gasteiger partial charge in [-0.1, -0.05) is 31.4 Å². The smallest absolute Gasteiger partial charge is 0.254 e. The van der Waals surface area contributed by atoms with Crippen LogP contribution in [0.15, 0.2) is 18.2 Å². The molecule has 0 spiro atoms. The summed E-state index contributed by atoms with van der Waals surface area (Å²) >= 11 is 5.76. The maximum atomic E-state index is 11.9. The number of hydrogen-bond donors (Lipinski definition) is 2. The monoisotopic (exact) mass is 250 g/mol. The summed E-state index contributed by atoms with van der Waals surface area (Å²) in [5, 5.41) is 3.24. The Hall–Kier alpha value is -1.66. The molecule has 1 amide bonds. The number of carbonyl (C=O) groups is 1. The van der Waals surface area contributed by atoms with Crippen molar-refractivity contribution < 1.29 is 4.79 Å². The van der Waals surface area contributed by atoms with Crippen LogP contribution in [0.1, 0.15) is 24.2 Å². The molecule has 0 aliphatic carbocycles. The number of nitrogen functional groups attached to an aromatic ring is 1. The Morgan fingerprint density at radius 3 is 2.65 bits per heavy atom. The van der Waals surface area contributed by atoms with Crippen LogP contribution in [0.3, 0.4) is 0 Å². The number of benzene rings is 1. The molecule has 1 aromatic rings. The number of carbonyl (C=O) groups excluding carboxylic acids is 1. The third-order valence-corrected chi connectivity index (χ3v) is 2.63.